The number of amides is 2. The second-order valence-electron chi connectivity index (χ2n) is 10.4. The molecule has 3 heterocycles. The summed E-state index contributed by atoms with van der Waals surface area (Å²) in [7, 11) is 0. The molecule has 4 N–H and O–H groups in total. The number of carbonyl (C=O) groups excluding carboxylic acids is 2. The lowest BCUT2D eigenvalue weighted by atomic mass is 10.1. The van der Waals surface area contributed by atoms with Gasteiger partial charge in [0, 0.05) is 19.4 Å². The molecule has 14 heteroatoms. The first-order chi connectivity index (χ1) is 22.4. The van der Waals surface area contributed by atoms with Crippen LogP contribution in [0.5, 0.6) is 0 Å². The van der Waals surface area contributed by atoms with Crippen LogP contribution in [-0.2, 0) is 37.0 Å². The van der Waals surface area contributed by atoms with Gasteiger partial charge in [0.05, 0.1) is 12.1 Å². The Hall–Kier alpha value is -4.66. The van der Waals surface area contributed by atoms with Gasteiger partial charge >= 0.3 is 0 Å². The summed E-state index contributed by atoms with van der Waals surface area (Å²) in [4.78, 5) is 25.0. The predicted octanol–water partition coefficient (Wildman–Crippen LogP) is 4.53. The number of rotatable bonds is 15. The van der Waals surface area contributed by atoms with Crippen LogP contribution in [0.2, 0.25) is 0 Å². The molecule has 0 aliphatic rings. The van der Waals surface area contributed by atoms with Gasteiger partial charge < -0.3 is 21.1 Å². The van der Waals surface area contributed by atoms with Gasteiger partial charge in [-0.1, -0.05) is 65.9 Å². The molecule has 46 heavy (non-hydrogen) atoms. The lowest BCUT2D eigenvalue weighted by molar-refractivity contribution is -0.115. The van der Waals surface area contributed by atoms with E-state index in [0.717, 1.165) is 53.1 Å². The molecule has 0 spiro atoms. The summed E-state index contributed by atoms with van der Waals surface area (Å²) < 4.78 is 0.552. The maximum atomic E-state index is 12.7. The van der Waals surface area contributed by atoms with Gasteiger partial charge in [0.2, 0.25) is 11.0 Å². The van der Waals surface area contributed by atoms with Gasteiger partial charge in [-0.2, -0.15) is 5.10 Å². The van der Waals surface area contributed by atoms with Crippen LogP contribution >= 0.6 is 27.3 Å². The van der Waals surface area contributed by atoms with Crippen LogP contribution in [0.15, 0.2) is 83.5 Å². The average Bonchev–Trinajstić information content (AvgIpc) is 3.50. The number of benzene rings is 2. The summed E-state index contributed by atoms with van der Waals surface area (Å²) in [6.45, 7) is 0.292. The summed E-state index contributed by atoms with van der Waals surface area (Å²) in [5, 5.41) is 44.7. The Labute approximate surface area is 278 Å². The van der Waals surface area contributed by atoms with Gasteiger partial charge in [0.15, 0.2) is 11.5 Å². The molecule has 1 unspecified atom stereocenters. The lowest BCUT2D eigenvalue weighted by Gasteiger charge is -2.13. The Bertz CT molecular complexity index is 1720. The Balaban J connectivity index is 0.994. The van der Waals surface area contributed by atoms with E-state index in [-0.39, 0.29) is 23.9 Å². The highest BCUT2D eigenvalue weighted by atomic mass is 79.9. The first kappa shape index (κ1) is 32.7. The van der Waals surface area contributed by atoms with E-state index in [2.05, 4.69) is 62.5 Å². The quantitative estimate of drug-likeness (QED) is 0.0899. The number of halogens is 1. The molecule has 0 saturated heterocycles. The number of carbonyl (C=O) groups is 2. The molecule has 12 nitrogen and oxygen atoms in total. The molecule has 1 atom stereocenters. The smallest absolute Gasteiger partial charge is 0.272 e. The predicted molar refractivity (Wildman–Crippen MR) is 178 cm³/mol. The van der Waals surface area contributed by atoms with E-state index in [1.807, 2.05) is 66.7 Å². The molecule has 2 aromatic carbocycles. The van der Waals surface area contributed by atoms with E-state index in [1.54, 1.807) is 12.1 Å². The van der Waals surface area contributed by atoms with Crippen molar-refractivity contribution in [2.45, 2.75) is 51.3 Å². The van der Waals surface area contributed by atoms with E-state index in [9.17, 15) is 14.7 Å². The molecular weight excluding hydrogens is 670 g/mol. The summed E-state index contributed by atoms with van der Waals surface area (Å²) in [6.07, 6.45) is 3.18. The van der Waals surface area contributed by atoms with Crippen molar-refractivity contribution in [3.63, 3.8) is 0 Å². The second kappa shape index (κ2) is 16.6. The van der Waals surface area contributed by atoms with E-state index in [1.165, 1.54) is 11.3 Å². The number of aromatic nitrogens is 6. The lowest BCUT2D eigenvalue weighted by Crippen LogP contribution is -2.24. The van der Waals surface area contributed by atoms with Gasteiger partial charge in [-0.05, 0) is 76.1 Å². The third-order valence-corrected chi connectivity index (χ3v) is 8.09. The van der Waals surface area contributed by atoms with Gasteiger partial charge in [0.1, 0.15) is 15.8 Å². The summed E-state index contributed by atoms with van der Waals surface area (Å²) in [5.41, 5.74) is 3.80. The minimum absolute atomic E-state index is 0.163. The van der Waals surface area contributed by atoms with E-state index in [0.29, 0.717) is 28.5 Å². The molecule has 5 aromatic rings. The van der Waals surface area contributed by atoms with Crippen molar-refractivity contribution < 1.29 is 14.7 Å². The highest BCUT2D eigenvalue weighted by molar-refractivity contribution is 9.10. The molecule has 0 bridgehead atoms. The maximum Gasteiger partial charge on any atom is 0.272 e. The summed E-state index contributed by atoms with van der Waals surface area (Å²) in [6, 6.07) is 24.2. The fraction of sp³-hybridized carbons (Fsp3) is 0.250. The van der Waals surface area contributed by atoms with Crippen LogP contribution in [0, 0.1) is 0 Å². The minimum atomic E-state index is -0.749. The maximum absolute atomic E-state index is 12.7. The van der Waals surface area contributed by atoms with Crippen molar-refractivity contribution in [3.8, 4) is 0 Å². The Morgan fingerprint density at radius 2 is 1.61 bits per heavy atom. The first-order valence-corrected chi connectivity index (χ1v) is 16.3. The molecule has 5 rings (SSSR count). The third-order valence-electron chi connectivity index (χ3n) is 6.77. The minimum Gasteiger partial charge on any atom is -0.373 e. The highest BCUT2D eigenvalue weighted by Crippen LogP contribution is 2.19. The average molecular weight is 703 g/mol. The van der Waals surface area contributed by atoms with Crippen molar-refractivity contribution in [1.82, 2.24) is 35.9 Å². The monoisotopic (exact) mass is 701 g/mol. The van der Waals surface area contributed by atoms with Crippen molar-refractivity contribution >= 4 is 50.0 Å². The van der Waals surface area contributed by atoms with Crippen molar-refractivity contribution in [2.75, 3.05) is 10.6 Å². The number of nitrogens with zero attached hydrogens (tertiary/aromatic N) is 6. The molecule has 0 aliphatic heterocycles. The highest BCUT2D eigenvalue weighted by Gasteiger charge is 2.12. The zero-order valence-electron chi connectivity index (χ0n) is 24.8. The van der Waals surface area contributed by atoms with Crippen LogP contribution in [0.25, 0.3) is 0 Å². The Morgan fingerprint density at radius 3 is 2.39 bits per heavy atom. The number of nitrogens with one attached hydrogen (secondary N) is 3. The number of aliphatic hydroxyl groups excluding tert-OH is 1. The zero-order chi connectivity index (χ0) is 32.1. The normalized spacial score (nSPS) is 11.5. The van der Waals surface area contributed by atoms with Gasteiger partial charge in [-0.15, -0.1) is 25.5 Å². The van der Waals surface area contributed by atoms with Crippen LogP contribution in [0.1, 0.15) is 50.7 Å². The van der Waals surface area contributed by atoms with Gasteiger partial charge in [-0.25, -0.2) is 0 Å². The number of anilines is 2. The molecule has 0 fully saturated rings. The molecule has 0 saturated carbocycles. The largest absolute Gasteiger partial charge is 0.373 e. The van der Waals surface area contributed by atoms with Crippen LogP contribution in [-0.4, -0.2) is 53.7 Å². The summed E-state index contributed by atoms with van der Waals surface area (Å²) >= 11 is 4.56. The van der Waals surface area contributed by atoms with Gasteiger partial charge in [-0.3, -0.25) is 9.59 Å². The fourth-order valence-electron chi connectivity index (χ4n) is 4.53. The first-order valence-electron chi connectivity index (χ1n) is 14.7. The van der Waals surface area contributed by atoms with Crippen LogP contribution in [0.4, 0.5) is 10.9 Å². The third kappa shape index (κ3) is 10.5. The number of aliphatic hydroxyl groups is 1. The SMILES string of the molecule is O=C(Cc1cccc(CNC(=O)c2ccc(Br)nn2)c1)Nc1nnc(CCCCc2ccc(NC(O)Cc3ccccc3)nn2)s1. The van der Waals surface area contributed by atoms with Crippen LogP contribution in [0.3, 0.4) is 0 Å². The van der Waals surface area contributed by atoms with Crippen molar-refractivity contribution in [1.29, 1.82) is 0 Å². The molecule has 0 radical (unpaired) electrons. The van der Waals surface area contributed by atoms with Gasteiger partial charge in [0.25, 0.3) is 5.91 Å². The zero-order valence-corrected chi connectivity index (χ0v) is 27.2. The van der Waals surface area contributed by atoms with E-state index >= 15 is 0 Å². The molecule has 0 aliphatic carbocycles. The van der Waals surface area contributed by atoms with E-state index in [4.69, 9.17) is 0 Å². The Morgan fingerprint density at radius 1 is 0.804 bits per heavy atom. The van der Waals surface area contributed by atoms with Crippen molar-refractivity contribution in [3.05, 3.63) is 117 Å². The number of aryl methyl sites for hydroxylation is 2. The van der Waals surface area contributed by atoms with Crippen LogP contribution < -0.4 is 16.0 Å². The molecule has 236 valence electrons. The number of hydrogen-bond acceptors (Lipinski definition) is 11. The second-order valence-corrected chi connectivity index (χ2v) is 12.3. The number of hydrogen-bond donors (Lipinski definition) is 4. The standard InChI is InChI=1S/C32H32BrN9O3S/c33-26-15-14-25(38-39-26)31(45)34-20-23-10-6-9-22(17-23)19-29(44)36-32-42-41-30(46-32)12-5-4-11-24-13-16-27(40-37-24)35-28(43)18-21-7-2-1-3-8-21/h1-3,6-10,13-17,28,43H,4-5,11-12,18-20H2,(H,34,45)(H,35,40)(H,36,42,44). The fourth-order valence-corrected chi connectivity index (χ4v) is 5.53. The molecule has 2 amide bonds. The van der Waals surface area contributed by atoms with Crippen molar-refractivity contribution in [2.24, 2.45) is 0 Å². The molecular formula is C32H32BrN9O3S. The van der Waals surface area contributed by atoms with E-state index < -0.39 is 6.23 Å². The molecule has 3 aromatic heterocycles. The summed E-state index contributed by atoms with van der Waals surface area (Å²) in [5.74, 6) is 0.000555. The number of unbranched alkanes of at least 4 members (excludes halogenated alkanes) is 1. The Kier molecular flexibility index (Phi) is 11.8. The topological polar surface area (TPSA) is 168 Å².